The van der Waals surface area contributed by atoms with E-state index in [1.54, 1.807) is 13.2 Å². The van der Waals surface area contributed by atoms with E-state index in [0.29, 0.717) is 37.0 Å². The number of hydrogen-bond donors (Lipinski definition) is 2. The molecular formula is C28H36N6O4S. The molecule has 1 saturated carbocycles. The van der Waals surface area contributed by atoms with Crippen molar-refractivity contribution in [1.29, 1.82) is 0 Å². The van der Waals surface area contributed by atoms with Crippen LogP contribution in [0.25, 0.3) is 16.7 Å². The Kier molecular flexibility index (Phi) is 7.30. The highest BCUT2D eigenvalue weighted by atomic mass is 32.2. The zero-order chi connectivity index (χ0) is 27.0. The fourth-order valence-corrected chi connectivity index (χ4v) is 7.23. The van der Waals surface area contributed by atoms with E-state index in [1.165, 1.54) is 6.42 Å². The Morgan fingerprint density at radius 3 is 2.54 bits per heavy atom. The fourth-order valence-electron chi connectivity index (χ4n) is 5.94. The number of carbonyl (C=O) groups excluding carboxylic acids is 1. The van der Waals surface area contributed by atoms with Crippen molar-refractivity contribution in [3.63, 3.8) is 0 Å². The molecule has 1 aromatic carbocycles. The Balaban J connectivity index is 1.46. The zero-order valence-electron chi connectivity index (χ0n) is 22.3. The second-order valence-electron chi connectivity index (χ2n) is 11.0. The van der Waals surface area contributed by atoms with Crippen molar-refractivity contribution in [2.75, 3.05) is 44.8 Å². The van der Waals surface area contributed by atoms with E-state index < -0.39 is 21.2 Å². The summed E-state index contributed by atoms with van der Waals surface area (Å²) in [5, 5.41) is 8.46. The molecule has 1 amide bonds. The van der Waals surface area contributed by atoms with Crippen LogP contribution in [0.1, 0.15) is 60.6 Å². The van der Waals surface area contributed by atoms with Crippen molar-refractivity contribution in [2.24, 2.45) is 5.92 Å². The summed E-state index contributed by atoms with van der Waals surface area (Å²) in [5.74, 6) is 0.138. The number of hydrogen-bond acceptors (Lipinski definition) is 8. The number of methoxy groups -OCH3 is 1. The molecular weight excluding hydrogens is 516 g/mol. The van der Waals surface area contributed by atoms with Gasteiger partial charge in [0.1, 0.15) is 5.69 Å². The van der Waals surface area contributed by atoms with E-state index >= 15 is 0 Å². The minimum atomic E-state index is -3.83. The Morgan fingerprint density at radius 1 is 1.13 bits per heavy atom. The molecule has 3 fully saturated rings. The standard InChI is InChI=1S/C28H36N6O4S/c1-38-18-19-11-14-33(15-12-19)24-16-23(28(35)32-39(36,37)22-10-13-29-17-22)30-27-25(24)26(20-6-5-7-20)31-34(27)21-8-3-2-4-9-21/h2-4,8-9,16,19-20,22,29H,5-7,10-15,17-18H2,1H3,(H,32,35). The molecule has 0 spiro atoms. The smallest absolute Gasteiger partial charge is 0.283 e. The minimum absolute atomic E-state index is 0.0864. The number of nitrogens with one attached hydrogen (secondary N) is 2. The van der Waals surface area contributed by atoms with E-state index in [0.717, 1.165) is 67.8 Å². The molecule has 3 aliphatic rings. The van der Waals surface area contributed by atoms with Crippen LogP contribution in [0, 0.1) is 5.92 Å². The molecule has 6 rings (SSSR count). The highest BCUT2D eigenvalue weighted by Crippen LogP contribution is 2.43. The van der Waals surface area contributed by atoms with E-state index in [1.807, 2.05) is 35.0 Å². The van der Waals surface area contributed by atoms with Crippen LogP contribution in [0.15, 0.2) is 36.4 Å². The first-order valence-corrected chi connectivity index (χ1v) is 15.5. The quantitative estimate of drug-likeness (QED) is 0.438. The molecule has 2 saturated heterocycles. The molecule has 1 unspecified atom stereocenters. The number of benzene rings is 1. The third-order valence-electron chi connectivity index (χ3n) is 8.42. The van der Waals surface area contributed by atoms with Gasteiger partial charge in [-0.25, -0.2) is 22.8 Å². The number of rotatable bonds is 8. The number of amides is 1. The van der Waals surface area contributed by atoms with Crippen LogP contribution < -0.4 is 14.9 Å². The van der Waals surface area contributed by atoms with Crippen molar-refractivity contribution in [1.82, 2.24) is 24.8 Å². The molecule has 1 aliphatic carbocycles. The summed E-state index contributed by atoms with van der Waals surface area (Å²) in [5.41, 5.74) is 3.45. The summed E-state index contributed by atoms with van der Waals surface area (Å²) in [6.07, 6.45) is 5.76. The van der Waals surface area contributed by atoms with Crippen LogP contribution in [0.3, 0.4) is 0 Å². The van der Waals surface area contributed by atoms with Crippen molar-refractivity contribution < 1.29 is 17.9 Å². The van der Waals surface area contributed by atoms with E-state index in [-0.39, 0.29) is 5.69 Å². The lowest BCUT2D eigenvalue weighted by atomic mass is 9.82. The molecule has 4 heterocycles. The lowest BCUT2D eigenvalue weighted by molar-refractivity contribution is 0.0976. The van der Waals surface area contributed by atoms with Crippen LogP contribution in [0.5, 0.6) is 0 Å². The molecule has 1 atom stereocenters. The number of carbonyl (C=O) groups is 1. The summed E-state index contributed by atoms with van der Waals surface area (Å²) in [6.45, 7) is 3.33. The van der Waals surface area contributed by atoms with Gasteiger partial charge in [0.15, 0.2) is 5.65 Å². The van der Waals surface area contributed by atoms with Crippen molar-refractivity contribution in [3.05, 3.63) is 47.8 Å². The Hall–Kier alpha value is -3.02. The van der Waals surface area contributed by atoms with Crippen LogP contribution in [-0.2, 0) is 14.8 Å². The number of aromatic nitrogens is 3. The fraction of sp³-hybridized carbons (Fsp3) is 0.536. The Labute approximate surface area is 229 Å². The van der Waals surface area contributed by atoms with Gasteiger partial charge in [0.2, 0.25) is 10.0 Å². The molecule has 0 radical (unpaired) electrons. The lowest BCUT2D eigenvalue weighted by Gasteiger charge is -2.34. The van der Waals surface area contributed by atoms with E-state index in [4.69, 9.17) is 14.8 Å². The maximum absolute atomic E-state index is 13.5. The van der Waals surface area contributed by atoms with Gasteiger partial charge in [-0.1, -0.05) is 24.6 Å². The molecule has 3 aromatic rings. The lowest BCUT2D eigenvalue weighted by Crippen LogP contribution is -2.40. The first-order chi connectivity index (χ1) is 18.9. The van der Waals surface area contributed by atoms with Gasteiger partial charge in [-0.3, -0.25) is 4.79 Å². The predicted octanol–water partition coefficient (Wildman–Crippen LogP) is 2.97. The summed E-state index contributed by atoms with van der Waals surface area (Å²) in [4.78, 5) is 20.5. The average molecular weight is 553 g/mol. The third kappa shape index (κ3) is 5.15. The topological polar surface area (TPSA) is 118 Å². The third-order valence-corrected chi connectivity index (χ3v) is 10.2. The number of para-hydroxylation sites is 1. The van der Waals surface area contributed by atoms with Gasteiger partial charge in [0.05, 0.1) is 27.7 Å². The van der Waals surface area contributed by atoms with Gasteiger partial charge in [-0.05, 0) is 62.8 Å². The molecule has 0 bridgehead atoms. The second kappa shape index (κ2) is 10.9. The molecule has 2 aromatic heterocycles. The van der Waals surface area contributed by atoms with Crippen LogP contribution >= 0.6 is 0 Å². The number of sulfonamides is 1. The maximum atomic E-state index is 13.5. The van der Waals surface area contributed by atoms with E-state index in [9.17, 15) is 13.2 Å². The van der Waals surface area contributed by atoms with Gasteiger partial charge >= 0.3 is 0 Å². The first kappa shape index (κ1) is 26.2. The molecule has 11 heteroatoms. The van der Waals surface area contributed by atoms with Gasteiger partial charge in [0.25, 0.3) is 5.91 Å². The monoisotopic (exact) mass is 552 g/mol. The van der Waals surface area contributed by atoms with Crippen molar-refractivity contribution >= 4 is 32.7 Å². The molecule has 2 N–H and O–H groups in total. The second-order valence-corrected chi connectivity index (χ2v) is 12.9. The summed E-state index contributed by atoms with van der Waals surface area (Å²) < 4.78 is 35.4. The highest BCUT2D eigenvalue weighted by Gasteiger charge is 2.34. The Bertz CT molecular complexity index is 1440. The maximum Gasteiger partial charge on any atom is 0.283 e. The highest BCUT2D eigenvalue weighted by molar-refractivity contribution is 7.90. The van der Waals surface area contributed by atoms with Gasteiger partial charge in [-0.2, -0.15) is 5.10 Å². The summed E-state index contributed by atoms with van der Waals surface area (Å²) in [6, 6.07) is 11.6. The van der Waals surface area contributed by atoms with Crippen molar-refractivity contribution in [2.45, 2.75) is 49.7 Å². The number of fused-ring (bicyclic) bond motifs is 1. The molecule has 39 heavy (non-hydrogen) atoms. The van der Waals surface area contributed by atoms with E-state index in [2.05, 4.69) is 14.9 Å². The molecule has 10 nitrogen and oxygen atoms in total. The SMILES string of the molecule is COCC1CCN(c2cc(C(=O)NS(=O)(=O)C3CCNC3)nc3c2c(C2CCC2)nn3-c2ccccc2)CC1. The zero-order valence-corrected chi connectivity index (χ0v) is 23.1. The number of piperidine rings is 1. The predicted molar refractivity (Wildman–Crippen MR) is 150 cm³/mol. The molecule has 2 aliphatic heterocycles. The number of ether oxygens (including phenoxy) is 1. The van der Waals surface area contributed by atoms with Crippen LogP contribution in [0.2, 0.25) is 0 Å². The van der Waals surface area contributed by atoms with Gasteiger partial charge in [0, 0.05) is 39.3 Å². The first-order valence-electron chi connectivity index (χ1n) is 13.9. The van der Waals surface area contributed by atoms with Gasteiger partial charge < -0.3 is 15.0 Å². The van der Waals surface area contributed by atoms with Crippen LogP contribution in [0.4, 0.5) is 5.69 Å². The number of anilines is 1. The van der Waals surface area contributed by atoms with Crippen molar-refractivity contribution in [3.8, 4) is 5.69 Å². The average Bonchev–Trinajstić information content (AvgIpc) is 3.58. The van der Waals surface area contributed by atoms with Gasteiger partial charge in [-0.15, -0.1) is 0 Å². The Morgan fingerprint density at radius 2 is 1.90 bits per heavy atom. The largest absolute Gasteiger partial charge is 0.384 e. The number of pyridine rings is 1. The molecule has 208 valence electrons. The summed E-state index contributed by atoms with van der Waals surface area (Å²) in [7, 11) is -2.09. The normalized spacial score (nSPS) is 20.8. The number of nitrogens with zero attached hydrogens (tertiary/aromatic N) is 4. The summed E-state index contributed by atoms with van der Waals surface area (Å²) >= 11 is 0. The van der Waals surface area contributed by atoms with Crippen LogP contribution in [-0.4, -0.2) is 74.2 Å². The minimum Gasteiger partial charge on any atom is -0.384 e.